The molecule has 0 aliphatic heterocycles. The second-order valence-corrected chi connectivity index (χ2v) is 4.38. The summed E-state index contributed by atoms with van der Waals surface area (Å²) in [6.45, 7) is 0.492. The van der Waals surface area contributed by atoms with Crippen molar-refractivity contribution in [2.45, 2.75) is 6.42 Å². The molecule has 0 bridgehead atoms. The first-order chi connectivity index (χ1) is 8.63. The highest BCUT2D eigenvalue weighted by molar-refractivity contribution is 5.75. The van der Waals surface area contributed by atoms with Gasteiger partial charge in [0.25, 0.3) is 0 Å². The Hall–Kier alpha value is -1.91. The summed E-state index contributed by atoms with van der Waals surface area (Å²) in [5.74, 6) is 1.38. The van der Waals surface area contributed by atoms with Crippen molar-refractivity contribution in [3.05, 3.63) is 18.2 Å². The summed E-state index contributed by atoms with van der Waals surface area (Å²) in [5, 5.41) is 0. The summed E-state index contributed by atoms with van der Waals surface area (Å²) in [7, 11) is 2.98. The van der Waals surface area contributed by atoms with E-state index in [2.05, 4.69) is 4.74 Å². The monoisotopic (exact) mass is 251 g/mol. The number of nitrogens with two attached hydrogens (primary N) is 1. The molecular weight excluding hydrogens is 234 g/mol. The van der Waals surface area contributed by atoms with Crippen LogP contribution in [0.4, 0.5) is 5.69 Å². The third kappa shape index (κ3) is 2.85. The Bertz CT molecular complexity index is 447. The number of rotatable bonds is 5. The Morgan fingerprint density at radius 1 is 1.33 bits per heavy atom. The number of hydrogen-bond acceptors (Lipinski definition) is 5. The lowest BCUT2D eigenvalue weighted by atomic mass is 10.3. The number of hydrogen-bond donors (Lipinski definition) is 1. The van der Waals surface area contributed by atoms with Crippen LogP contribution in [0.3, 0.4) is 0 Å². The zero-order chi connectivity index (χ0) is 13.1. The van der Waals surface area contributed by atoms with Gasteiger partial charge in [0.2, 0.25) is 0 Å². The molecule has 98 valence electrons. The summed E-state index contributed by atoms with van der Waals surface area (Å²) in [6, 6.07) is 5.23. The number of ether oxygens (including phenoxy) is 3. The topological polar surface area (TPSA) is 70.8 Å². The molecule has 0 saturated heterocycles. The summed E-state index contributed by atoms with van der Waals surface area (Å²) in [4.78, 5) is 11.2. The molecule has 0 heterocycles. The zero-order valence-electron chi connectivity index (χ0n) is 10.5. The molecule has 2 rings (SSSR count). The van der Waals surface area contributed by atoms with Gasteiger partial charge in [0.05, 0.1) is 26.7 Å². The number of carbonyl (C=O) groups is 1. The van der Waals surface area contributed by atoms with Crippen molar-refractivity contribution in [2.75, 3.05) is 26.6 Å². The number of methoxy groups -OCH3 is 2. The SMILES string of the molecule is COC(=O)[C@H]1C[C@@H]1COc1cc(N)cc(OC)c1. The van der Waals surface area contributed by atoms with E-state index in [9.17, 15) is 4.79 Å². The van der Waals surface area contributed by atoms with E-state index in [1.54, 1.807) is 25.3 Å². The highest BCUT2D eigenvalue weighted by Crippen LogP contribution is 2.39. The molecule has 1 aliphatic carbocycles. The maximum atomic E-state index is 11.2. The van der Waals surface area contributed by atoms with Gasteiger partial charge in [-0.25, -0.2) is 0 Å². The van der Waals surface area contributed by atoms with Crippen LogP contribution in [-0.4, -0.2) is 26.8 Å². The largest absolute Gasteiger partial charge is 0.497 e. The zero-order valence-corrected chi connectivity index (χ0v) is 10.5. The predicted molar refractivity (Wildman–Crippen MR) is 66.5 cm³/mol. The van der Waals surface area contributed by atoms with Crippen molar-refractivity contribution in [3.8, 4) is 11.5 Å². The summed E-state index contributed by atoms with van der Waals surface area (Å²) < 4.78 is 15.4. The van der Waals surface area contributed by atoms with E-state index in [1.807, 2.05) is 0 Å². The fourth-order valence-corrected chi connectivity index (χ4v) is 1.87. The maximum absolute atomic E-state index is 11.2. The lowest BCUT2D eigenvalue weighted by Gasteiger charge is -2.08. The van der Waals surface area contributed by atoms with Crippen LogP contribution in [0.2, 0.25) is 0 Å². The quantitative estimate of drug-likeness (QED) is 0.633. The van der Waals surface area contributed by atoms with Crippen LogP contribution >= 0.6 is 0 Å². The van der Waals surface area contributed by atoms with Gasteiger partial charge in [-0.3, -0.25) is 4.79 Å². The standard InChI is InChI=1S/C13H17NO4/c1-16-10-4-9(14)5-11(6-10)18-7-8-3-12(8)13(15)17-2/h4-6,8,12H,3,7,14H2,1-2H3/t8-,12+/m1/s1. The van der Waals surface area contributed by atoms with Crippen LogP contribution in [0, 0.1) is 11.8 Å². The lowest BCUT2D eigenvalue weighted by molar-refractivity contribution is -0.142. The van der Waals surface area contributed by atoms with Crippen molar-refractivity contribution in [3.63, 3.8) is 0 Å². The average Bonchev–Trinajstić information content (AvgIpc) is 3.14. The molecule has 2 atom stereocenters. The Balaban J connectivity index is 1.88. The normalized spacial score (nSPS) is 21.2. The third-order valence-corrected chi connectivity index (χ3v) is 3.03. The molecule has 1 aromatic carbocycles. The van der Waals surface area contributed by atoms with Gasteiger partial charge in [-0.05, 0) is 6.42 Å². The van der Waals surface area contributed by atoms with Gasteiger partial charge in [0, 0.05) is 29.8 Å². The number of esters is 1. The summed E-state index contributed by atoms with van der Waals surface area (Å²) in [6.07, 6.45) is 0.826. The minimum atomic E-state index is -0.159. The number of benzene rings is 1. The number of anilines is 1. The fourth-order valence-electron chi connectivity index (χ4n) is 1.87. The van der Waals surface area contributed by atoms with Crippen LogP contribution in [0.25, 0.3) is 0 Å². The first kappa shape index (κ1) is 12.5. The second kappa shape index (κ2) is 5.16. The van der Waals surface area contributed by atoms with Crippen LogP contribution in [0.15, 0.2) is 18.2 Å². The lowest BCUT2D eigenvalue weighted by Crippen LogP contribution is -2.08. The first-order valence-electron chi connectivity index (χ1n) is 5.79. The number of nitrogen functional groups attached to an aromatic ring is 1. The van der Waals surface area contributed by atoms with Crippen molar-refractivity contribution in [2.24, 2.45) is 11.8 Å². The Kier molecular flexibility index (Phi) is 3.60. The second-order valence-electron chi connectivity index (χ2n) is 4.38. The van der Waals surface area contributed by atoms with Gasteiger partial charge in [-0.2, -0.15) is 0 Å². The molecule has 5 nitrogen and oxygen atoms in total. The molecular formula is C13H17NO4. The molecule has 5 heteroatoms. The maximum Gasteiger partial charge on any atom is 0.309 e. The van der Waals surface area contributed by atoms with Crippen molar-refractivity contribution >= 4 is 11.7 Å². The fraction of sp³-hybridized carbons (Fsp3) is 0.462. The van der Waals surface area contributed by atoms with E-state index in [4.69, 9.17) is 15.2 Å². The minimum absolute atomic E-state index is 0.0158. The Labute approximate surface area is 106 Å². The van der Waals surface area contributed by atoms with Crippen molar-refractivity contribution < 1.29 is 19.0 Å². The molecule has 1 fully saturated rings. The molecule has 0 radical (unpaired) electrons. The molecule has 2 N–H and O–H groups in total. The molecule has 0 amide bonds. The summed E-state index contributed by atoms with van der Waals surface area (Å²) >= 11 is 0. The van der Waals surface area contributed by atoms with E-state index in [0.29, 0.717) is 23.8 Å². The van der Waals surface area contributed by atoms with Gasteiger partial charge in [0.1, 0.15) is 11.5 Å². The van der Waals surface area contributed by atoms with Crippen LogP contribution in [0.1, 0.15) is 6.42 Å². The molecule has 1 saturated carbocycles. The minimum Gasteiger partial charge on any atom is -0.497 e. The van der Waals surface area contributed by atoms with E-state index >= 15 is 0 Å². The molecule has 18 heavy (non-hydrogen) atoms. The smallest absolute Gasteiger partial charge is 0.309 e. The van der Waals surface area contributed by atoms with Crippen LogP contribution in [-0.2, 0) is 9.53 Å². The predicted octanol–water partition coefficient (Wildman–Crippen LogP) is 1.47. The summed E-state index contributed by atoms with van der Waals surface area (Å²) in [5.41, 5.74) is 6.31. The Morgan fingerprint density at radius 3 is 2.72 bits per heavy atom. The van der Waals surface area contributed by atoms with Crippen molar-refractivity contribution in [1.82, 2.24) is 0 Å². The molecule has 1 aliphatic rings. The van der Waals surface area contributed by atoms with Gasteiger partial charge in [-0.15, -0.1) is 0 Å². The molecule has 0 spiro atoms. The molecule has 1 aromatic rings. The average molecular weight is 251 g/mol. The van der Waals surface area contributed by atoms with E-state index < -0.39 is 0 Å². The number of carbonyl (C=O) groups excluding carboxylic acids is 1. The van der Waals surface area contributed by atoms with Gasteiger partial charge < -0.3 is 19.9 Å². The van der Waals surface area contributed by atoms with Gasteiger partial charge in [0.15, 0.2) is 0 Å². The highest BCUT2D eigenvalue weighted by Gasteiger charge is 2.44. The van der Waals surface area contributed by atoms with Crippen LogP contribution < -0.4 is 15.2 Å². The first-order valence-corrected chi connectivity index (χ1v) is 5.79. The van der Waals surface area contributed by atoms with E-state index in [-0.39, 0.29) is 17.8 Å². The van der Waals surface area contributed by atoms with E-state index in [1.165, 1.54) is 7.11 Å². The van der Waals surface area contributed by atoms with Gasteiger partial charge >= 0.3 is 5.97 Å². The van der Waals surface area contributed by atoms with Crippen LogP contribution in [0.5, 0.6) is 11.5 Å². The van der Waals surface area contributed by atoms with E-state index in [0.717, 1.165) is 6.42 Å². The third-order valence-electron chi connectivity index (χ3n) is 3.03. The van der Waals surface area contributed by atoms with Gasteiger partial charge in [-0.1, -0.05) is 0 Å². The van der Waals surface area contributed by atoms with Crippen molar-refractivity contribution in [1.29, 1.82) is 0 Å². The molecule has 0 aromatic heterocycles. The molecule has 0 unspecified atom stereocenters. The Morgan fingerprint density at radius 2 is 2.06 bits per heavy atom. The highest BCUT2D eigenvalue weighted by atomic mass is 16.5.